The van der Waals surface area contributed by atoms with E-state index in [1.54, 1.807) is 0 Å². The van der Waals surface area contributed by atoms with Gasteiger partial charge in [-0.05, 0) is 42.7 Å². The van der Waals surface area contributed by atoms with Crippen molar-refractivity contribution in [3.8, 4) is 5.75 Å². The number of aliphatic hydroxyl groups excluding tert-OH is 1. The van der Waals surface area contributed by atoms with E-state index in [9.17, 15) is 9.90 Å². The summed E-state index contributed by atoms with van der Waals surface area (Å²) in [7, 11) is 0. The molecule has 22 heavy (non-hydrogen) atoms. The van der Waals surface area contributed by atoms with E-state index in [1.165, 1.54) is 0 Å². The summed E-state index contributed by atoms with van der Waals surface area (Å²) in [4.78, 5) is 11.3. The summed E-state index contributed by atoms with van der Waals surface area (Å²) in [5.41, 5.74) is 3.93. The third-order valence-electron chi connectivity index (χ3n) is 3.84. The highest BCUT2D eigenvalue weighted by Gasteiger charge is 2.15. The van der Waals surface area contributed by atoms with Crippen molar-refractivity contribution in [2.24, 2.45) is 0 Å². The van der Waals surface area contributed by atoms with Gasteiger partial charge in [0.1, 0.15) is 18.5 Å². The quantitative estimate of drug-likeness (QED) is 0.912. The minimum absolute atomic E-state index is 0.0518. The Balaban J connectivity index is 1.64. The molecule has 1 atom stereocenters. The van der Waals surface area contributed by atoms with Crippen LogP contribution in [-0.2, 0) is 11.2 Å². The first-order chi connectivity index (χ1) is 10.6. The number of carbonyl (C=O) groups is 1. The van der Waals surface area contributed by atoms with Crippen LogP contribution in [0, 0.1) is 6.92 Å². The molecule has 0 spiro atoms. The summed E-state index contributed by atoms with van der Waals surface area (Å²) in [6, 6.07) is 13.3. The fourth-order valence-corrected chi connectivity index (χ4v) is 2.51. The number of aryl methyl sites for hydroxylation is 2. The van der Waals surface area contributed by atoms with Crippen LogP contribution in [-0.4, -0.2) is 17.6 Å². The number of hydrogen-bond donors (Lipinski definition) is 2. The summed E-state index contributed by atoms with van der Waals surface area (Å²) >= 11 is 0. The van der Waals surface area contributed by atoms with Crippen molar-refractivity contribution in [1.29, 1.82) is 0 Å². The van der Waals surface area contributed by atoms with Gasteiger partial charge in [-0.3, -0.25) is 4.79 Å². The molecule has 2 aromatic rings. The molecule has 1 unspecified atom stereocenters. The molecule has 1 aliphatic heterocycles. The standard InChI is InChI=1S/C18H19NO3/c1-12-2-4-13(5-3-12)17(20)11-22-15-7-8-16-14(10-15)6-9-18(21)19-16/h2-5,7-8,10,17,20H,6,9,11H2,1H3,(H,19,21). The minimum atomic E-state index is -0.656. The Kier molecular flexibility index (Phi) is 4.11. The van der Waals surface area contributed by atoms with Gasteiger partial charge in [-0.1, -0.05) is 29.8 Å². The molecule has 4 heteroatoms. The van der Waals surface area contributed by atoms with E-state index in [-0.39, 0.29) is 12.5 Å². The van der Waals surface area contributed by atoms with Crippen molar-refractivity contribution in [3.63, 3.8) is 0 Å². The van der Waals surface area contributed by atoms with Crippen molar-refractivity contribution in [3.05, 3.63) is 59.2 Å². The molecule has 2 N–H and O–H groups in total. The number of hydrogen-bond acceptors (Lipinski definition) is 3. The molecule has 0 saturated carbocycles. The molecule has 0 radical (unpaired) electrons. The lowest BCUT2D eigenvalue weighted by atomic mass is 10.0. The van der Waals surface area contributed by atoms with Crippen LogP contribution < -0.4 is 10.1 Å². The van der Waals surface area contributed by atoms with Gasteiger partial charge in [0.25, 0.3) is 0 Å². The van der Waals surface area contributed by atoms with Gasteiger partial charge in [-0.15, -0.1) is 0 Å². The number of rotatable bonds is 4. The maximum Gasteiger partial charge on any atom is 0.224 e. The van der Waals surface area contributed by atoms with Crippen LogP contribution in [0.5, 0.6) is 5.75 Å². The third kappa shape index (κ3) is 3.28. The number of carbonyl (C=O) groups excluding carboxylic acids is 1. The monoisotopic (exact) mass is 297 g/mol. The van der Waals surface area contributed by atoms with Crippen LogP contribution in [0.15, 0.2) is 42.5 Å². The maximum absolute atomic E-state index is 11.3. The van der Waals surface area contributed by atoms with Crippen LogP contribution >= 0.6 is 0 Å². The van der Waals surface area contributed by atoms with Crippen LogP contribution in [0.3, 0.4) is 0 Å². The normalized spacial score (nSPS) is 14.9. The number of aliphatic hydroxyl groups is 1. The summed E-state index contributed by atoms with van der Waals surface area (Å²) in [5.74, 6) is 0.761. The van der Waals surface area contributed by atoms with E-state index >= 15 is 0 Å². The van der Waals surface area contributed by atoms with Gasteiger partial charge in [-0.2, -0.15) is 0 Å². The third-order valence-corrected chi connectivity index (χ3v) is 3.84. The van der Waals surface area contributed by atoms with Crippen LogP contribution in [0.2, 0.25) is 0 Å². The molecular weight excluding hydrogens is 278 g/mol. The van der Waals surface area contributed by atoms with Crippen molar-refractivity contribution >= 4 is 11.6 Å². The van der Waals surface area contributed by atoms with Gasteiger partial charge >= 0.3 is 0 Å². The molecule has 4 nitrogen and oxygen atoms in total. The van der Waals surface area contributed by atoms with Gasteiger partial charge in [0.05, 0.1) is 0 Å². The number of ether oxygens (including phenoxy) is 1. The molecule has 1 heterocycles. The topological polar surface area (TPSA) is 58.6 Å². The molecule has 114 valence electrons. The summed E-state index contributed by atoms with van der Waals surface area (Å²) in [6.07, 6.45) is 0.567. The van der Waals surface area contributed by atoms with Crippen molar-refractivity contribution in [2.45, 2.75) is 25.9 Å². The second kappa shape index (κ2) is 6.20. The van der Waals surface area contributed by atoms with E-state index in [0.717, 1.165) is 28.8 Å². The highest BCUT2D eigenvalue weighted by molar-refractivity contribution is 5.93. The molecule has 0 aliphatic carbocycles. The number of benzene rings is 2. The lowest BCUT2D eigenvalue weighted by molar-refractivity contribution is -0.116. The molecule has 0 bridgehead atoms. The number of anilines is 1. The molecule has 0 saturated heterocycles. The molecular formula is C18H19NO3. The number of fused-ring (bicyclic) bond motifs is 1. The van der Waals surface area contributed by atoms with Crippen molar-refractivity contribution in [2.75, 3.05) is 11.9 Å². The highest BCUT2D eigenvalue weighted by Crippen LogP contribution is 2.27. The molecule has 3 rings (SSSR count). The van der Waals surface area contributed by atoms with Crippen molar-refractivity contribution < 1.29 is 14.6 Å². The first kappa shape index (κ1) is 14.6. The molecule has 0 aromatic heterocycles. The van der Waals surface area contributed by atoms with Crippen molar-refractivity contribution in [1.82, 2.24) is 0 Å². The Bertz CT molecular complexity index is 679. The highest BCUT2D eigenvalue weighted by atomic mass is 16.5. The van der Waals surface area contributed by atoms with Gasteiger partial charge < -0.3 is 15.2 Å². The molecule has 1 aliphatic rings. The Hall–Kier alpha value is -2.33. The average molecular weight is 297 g/mol. The summed E-state index contributed by atoms with van der Waals surface area (Å²) in [6.45, 7) is 2.22. The van der Waals surface area contributed by atoms with E-state index in [2.05, 4.69) is 5.32 Å². The number of nitrogens with one attached hydrogen (secondary N) is 1. The number of amides is 1. The second-order valence-corrected chi connectivity index (χ2v) is 5.60. The summed E-state index contributed by atoms with van der Waals surface area (Å²) < 4.78 is 5.68. The first-order valence-electron chi connectivity index (χ1n) is 7.42. The Labute approximate surface area is 129 Å². The van der Waals surface area contributed by atoms with Gasteiger partial charge in [-0.25, -0.2) is 0 Å². The fourth-order valence-electron chi connectivity index (χ4n) is 2.51. The summed E-state index contributed by atoms with van der Waals surface area (Å²) in [5, 5.41) is 13.0. The van der Waals surface area contributed by atoms with Gasteiger partial charge in [0, 0.05) is 12.1 Å². The van der Waals surface area contributed by atoms with E-state index in [1.807, 2.05) is 49.4 Å². The minimum Gasteiger partial charge on any atom is -0.491 e. The van der Waals surface area contributed by atoms with Crippen LogP contribution in [0.4, 0.5) is 5.69 Å². The van der Waals surface area contributed by atoms with E-state index in [4.69, 9.17) is 4.74 Å². The largest absolute Gasteiger partial charge is 0.491 e. The molecule has 0 fully saturated rings. The van der Waals surface area contributed by atoms with E-state index < -0.39 is 6.10 Å². The lowest BCUT2D eigenvalue weighted by Crippen LogP contribution is -2.19. The maximum atomic E-state index is 11.3. The zero-order chi connectivity index (χ0) is 15.5. The molecule has 1 amide bonds. The van der Waals surface area contributed by atoms with Gasteiger partial charge in [0.2, 0.25) is 5.91 Å². The van der Waals surface area contributed by atoms with Crippen LogP contribution in [0.1, 0.15) is 29.2 Å². The molecule has 2 aromatic carbocycles. The first-order valence-corrected chi connectivity index (χ1v) is 7.42. The Morgan fingerprint density at radius 2 is 1.95 bits per heavy atom. The average Bonchev–Trinajstić information content (AvgIpc) is 2.53. The van der Waals surface area contributed by atoms with Crippen LogP contribution in [0.25, 0.3) is 0 Å². The smallest absolute Gasteiger partial charge is 0.224 e. The fraction of sp³-hybridized carbons (Fsp3) is 0.278. The SMILES string of the molecule is Cc1ccc(C(O)COc2ccc3c(c2)CCC(=O)N3)cc1. The second-order valence-electron chi connectivity index (χ2n) is 5.60. The Morgan fingerprint density at radius 1 is 1.18 bits per heavy atom. The predicted molar refractivity (Wildman–Crippen MR) is 85.0 cm³/mol. The zero-order valence-electron chi connectivity index (χ0n) is 12.5. The lowest BCUT2D eigenvalue weighted by Gasteiger charge is -2.18. The zero-order valence-corrected chi connectivity index (χ0v) is 12.5. The Morgan fingerprint density at radius 3 is 2.73 bits per heavy atom. The van der Waals surface area contributed by atoms with E-state index in [0.29, 0.717) is 12.2 Å². The van der Waals surface area contributed by atoms with Gasteiger partial charge in [0.15, 0.2) is 0 Å². The predicted octanol–water partition coefficient (Wildman–Crippen LogP) is 2.99.